The van der Waals surface area contributed by atoms with Crippen molar-refractivity contribution in [1.82, 2.24) is 0 Å². The molecule has 7 heteroatoms. The molecule has 0 saturated heterocycles. The zero-order valence-corrected chi connectivity index (χ0v) is 27.8. The Balaban J connectivity index is -0.000000240. The maximum atomic E-state index is 10.1. The summed E-state index contributed by atoms with van der Waals surface area (Å²) in [5, 5.41) is 30.2. The first-order valence-electron chi connectivity index (χ1n) is 16.4. The van der Waals surface area contributed by atoms with E-state index in [0.29, 0.717) is 0 Å². The minimum atomic E-state index is -0.911. The van der Waals surface area contributed by atoms with Crippen molar-refractivity contribution in [1.29, 1.82) is 0 Å². The fraction of sp³-hybridized carbons (Fsp3) is 0.909. The van der Waals surface area contributed by atoms with Crippen LogP contribution in [0.5, 0.6) is 0 Å². The quantitative estimate of drug-likeness (QED) is 0.0814. The van der Waals surface area contributed by atoms with Gasteiger partial charge in [0.05, 0.1) is 0 Å². The molecule has 0 aromatic rings. The molecule has 0 aliphatic heterocycles. The van der Waals surface area contributed by atoms with Crippen LogP contribution in [-0.2, 0) is 14.4 Å². The number of unbranched alkanes of at least 4 members (excludes halogenated alkanes) is 21. The van der Waals surface area contributed by atoms with Crippen molar-refractivity contribution in [3.05, 3.63) is 0 Å². The minimum absolute atomic E-state index is 0. The fourth-order valence-corrected chi connectivity index (χ4v) is 4.21. The van der Waals surface area contributed by atoms with Gasteiger partial charge in [0.15, 0.2) is 0 Å². The van der Waals surface area contributed by atoms with E-state index in [0.717, 1.165) is 38.5 Å². The molecule has 0 fully saturated rings. The Hall–Kier alpha value is -1.06. The van der Waals surface area contributed by atoms with E-state index in [2.05, 4.69) is 20.8 Å². The third kappa shape index (κ3) is 57.0. The summed E-state index contributed by atoms with van der Waals surface area (Å²) in [6, 6.07) is 0. The molecule has 6 nitrogen and oxygen atoms in total. The second-order valence-electron chi connectivity index (χ2n) is 10.8. The van der Waals surface area contributed by atoms with Crippen LogP contribution in [0.1, 0.15) is 194 Å². The molecule has 0 atom stereocenters. The summed E-state index contributed by atoms with van der Waals surface area (Å²) in [6.45, 7) is 6.62. The molecule has 0 unspecified atom stereocenters. The summed E-state index contributed by atoms with van der Waals surface area (Å²) in [5.74, 6) is -2.73. The summed E-state index contributed by atoms with van der Waals surface area (Å²) in [5.41, 5.74) is 0. The molecule has 0 aliphatic carbocycles. The van der Waals surface area contributed by atoms with E-state index in [1.165, 1.54) is 116 Å². The Morgan fingerprint density at radius 1 is 0.325 bits per heavy atom. The molecule has 0 spiro atoms. The predicted octanol–water partition coefficient (Wildman–Crippen LogP) is 6.42. The summed E-state index contributed by atoms with van der Waals surface area (Å²) >= 11 is 0. The topological polar surface area (TPSA) is 120 Å². The van der Waals surface area contributed by atoms with Crippen molar-refractivity contribution in [2.45, 2.75) is 194 Å². The first-order chi connectivity index (χ1) is 18.8. The average molecular weight is 583 g/mol. The van der Waals surface area contributed by atoms with Gasteiger partial charge in [0.2, 0.25) is 0 Å². The second-order valence-corrected chi connectivity index (χ2v) is 10.8. The van der Waals surface area contributed by atoms with E-state index >= 15 is 0 Å². The SMILES string of the molecule is CCCCCCCCCCC(=O)[O-].CCCCCCCCCCC(=O)[O-].CCCCCCCCCCC(=O)[O-].[Al+3]. The predicted molar refractivity (Wildman–Crippen MR) is 162 cm³/mol. The van der Waals surface area contributed by atoms with Gasteiger partial charge in [-0.15, -0.1) is 0 Å². The van der Waals surface area contributed by atoms with Crippen LogP contribution >= 0.6 is 0 Å². The largest absolute Gasteiger partial charge is 3.00 e. The van der Waals surface area contributed by atoms with Crippen molar-refractivity contribution in [2.24, 2.45) is 0 Å². The monoisotopic (exact) mass is 582 g/mol. The van der Waals surface area contributed by atoms with E-state index in [9.17, 15) is 29.7 Å². The Morgan fingerprint density at radius 3 is 0.625 bits per heavy atom. The zero-order chi connectivity index (χ0) is 29.8. The van der Waals surface area contributed by atoms with Crippen LogP contribution in [0.25, 0.3) is 0 Å². The third-order valence-electron chi connectivity index (χ3n) is 6.70. The molecule has 0 radical (unpaired) electrons. The third-order valence-corrected chi connectivity index (χ3v) is 6.70. The number of hydrogen-bond donors (Lipinski definition) is 0. The van der Waals surface area contributed by atoms with Crippen molar-refractivity contribution in [3.8, 4) is 0 Å². The number of hydrogen-bond acceptors (Lipinski definition) is 6. The molecule has 0 aromatic carbocycles. The van der Waals surface area contributed by atoms with Crippen molar-refractivity contribution in [3.63, 3.8) is 0 Å². The van der Waals surface area contributed by atoms with Gasteiger partial charge in [-0.05, 0) is 38.5 Å². The number of aliphatic carboxylic acids is 3. The number of carbonyl (C=O) groups is 3. The Kier molecular flexibility index (Phi) is 48.7. The van der Waals surface area contributed by atoms with Gasteiger partial charge in [0.25, 0.3) is 0 Å². The Bertz CT molecular complexity index is 442. The average Bonchev–Trinajstić information content (AvgIpc) is 2.89. The molecule has 234 valence electrons. The molecule has 0 rings (SSSR count). The first kappa shape index (κ1) is 45.9. The van der Waals surface area contributed by atoms with E-state index in [4.69, 9.17) is 0 Å². The zero-order valence-electron chi connectivity index (χ0n) is 26.6. The summed E-state index contributed by atoms with van der Waals surface area (Å²) < 4.78 is 0. The maximum absolute atomic E-state index is 10.1. The van der Waals surface area contributed by atoms with Gasteiger partial charge in [-0.25, -0.2) is 0 Å². The number of rotatable bonds is 27. The molecule has 0 aliphatic rings. The molecule has 0 bridgehead atoms. The molecule has 0 amide bonds. The van der Waals surface area contributed by atoms with Crippen LogP contribution in [-0.4, -0.2) is 35.3 Å². The maximum Gasteiger partial charge on any atom is 3.00 e. The molecule has 0 heterocycles. The standard InChI is InChI=1S/3C11H22O2.Al/c3*1-2-3-4-5-6-7-8-9-10-11(12)13;/h3*2-10H2,1H3,(H,12,13);/q;;;+3/p-3. The summed E-state index contributed by atoms with van der Waals surface area (Å²) in [4.78, 5) is 30.2. The van der Waals surface area contributed by atoms with Crippen molar-refractivity contribution < 1.29 is 29.7 Å². The van der Waals surface area contributed by atoms with Crippen LogP contribution in [0.15, 0.2) is 0 Å². The first-order valence-corrected chi connectivity index (χ1v) is 16.4. The van der Waals surface area contributed by atoms with Gasteiger partial charge in [0.1, 0.15) is 0 Å². The van der Waals surface area contributed by atoms with Crippen LogP contribution < -0.4 is 15.3 Å². The minimum Gasteiger partial charge on any atom is -0.550 e. The van der Waals surface area contributed by atoms with E-state index in [-0.39, 0.29) is 36.6 Å². The van der Waals surface area contributed by atoms with Gasteiger partial charge in [-0.3, -0.25) is 0 Å². The Labute approximate surface area is 258 Å². The molecular formula is C33H63AlO6. The van der Waals surface area contributed by atoms with Gasteiger partial charge < -0.3 is 29.7 Å². The molecule has 40 heavy (non-hydrogen) atoms. The van der Waals surface area contributed by atoms with Gasteiger partial charge in [-0.1, -0.05) is 156 Å². The van der Waals surface area contributed by atoms with E-state index < -0.39 is 17.9 Å². The molecule has 0 saturated carbocycles. The summed E-state index contributed by atoms with van der Waals surface area (Å²) in [6.07, 6.45) is 29.2. The smallest absolute Gasteiger partial charge is 0.550 e. The number of carbonyl (C=O) groups excluding carboxylic acids is 3. The number of carboxylic acids is 3. The second kappa shape index (κ2) is 42.4. The molecule has 0 N–H and O–H groups in total. The van der Waals surface area contributed by atoms with Crippen LogP contribution in [0.4, 0.5) is 0 Å². The molecular weight excluding hydrogens is 519 g/mol. The van der Waals surface area contributed by atoms with Gasteiger partial charge in [-0.2, -0.15) is 0 Å². The van der Waals surface area contributed by atoms with Crippen LogP contribution in [0, 0.1) is 0 Å². The number of carboxylic acid groups (broad SMARTS) is 3. The van der Waals surface area contributed by atoms with Gasteiger partial charge in [0, 0.05) is 17.9 Å². The van der Waals surface area contributed by atoms with E-state index in [1.54, 1.807) is 0 Å². The van der Waals surface area contributed by atoms with Crippen molar-refractivity contribution >= 4 is 35.3 Å². The van der Waals surface area contributed by atoms with Crippen LogP contribution in [0.3, 0.4) is 0 Å². The van der Waals surface area contributed by atoms with Crippen molar-refractivity contribution in [2.75, 3.05) is 0 Å². The fourth-order valence-electron chi connectivity index (χ4n) is 4.21. The van der Waals surface area contributed by atoms with Crippen LogP contribution in [0.2, 0.25) is 0 Å². The van der Waals surface area contributed by atoms with Gasteiger partial charge >= 0.3 is 17.4 Å². The Morgan fingerprint density at radius 2 is 0.475 bits per heavy atom. The van der Waals surface area contributed by atoms with E-state index in [1.807, 2.05) is 0 Å². The normalized spacial score (nSPS) is 9.97. The molecule has 0 aromatic heterocycles. The summed E-state index contributed by atoms with van der Waals surface area (Å²) in [7, 11) is 0.